The van der Waals surface area contributed by atoms with Gasteiger partial charge in [-0.05, 0) is 6.92 Å². The van der Waals surface area contributed by atoms with Crippen LogP contribution in [0.4, 0.5) is 0 Å². The standard InChI is InChI=1S/C7H10N2OS2/c1-5-2-9-7(12-5)3-8-6(10)4-11/h2,11H,3-4H2,1H3,(H,8,10). The molecule has 1 aromatic heterocycles. The predicted octanol–water partition coefficient (Wildman–Crippen LogP) is 0.998. The van der Waals surface area contributed by atoms with Crippen LogP contribution in [0.1, 0.15) is 9.88 Å². The van der Waals surface area contributed by atoms with Crippen LogP contribution in [0.25, 0.3) is 0 Å². The number of aromatic nitrogens is 1. The average Bonchev–Trinajstić information content (AvgIpc) is 2.47. The molecule has 1 rings (SSSR count). The summed E-state index contributed by atoms with van der Waals surface area (Å²) in [6, 6.07) is 0. The molecular weight excluding hydrogens is 192 g/mol. The number of rotatable bonds is 3. The molecule has 1 aromatic rings. The predicted molar refractivity (Wildman–Crippen MR) is 52.6 cm³/mol. The number of nitrogens with zero attached hydrogens (tertiary/aromatic N) is 1. The molecule has 3 nitrogen and oxygen atoms in total. The van der Waals surface area contributed by atoms with Crippen LogP contribution in [0, 0.1) is 6.92 Å². The highest BCUT2D eigenvalue weighted by atomic mass is 32.1. The minimum Gasteiger partial charge on any atom is -0.349 e. The Balaban J connectivity index is 2.38. The van der Waals surface area contributed by atoms with Crippen LogP contribution in [0.15, 0.2) is 6.20 Å². The lowest BCUT2D eigenvalue weighted by molar-refractivity contribution is -0.118. The molecule has 0 bridgehead atoms. The molecular formula is C7H10N2OS2. The quantitative estimate of drug-likeness (QED) is 0.718. The summed E-state index contributed by atoms with van der Waals surface area (Å²) in [5.41, 5.74) is 0. The molecule has 12 heavy (non-hydrogen) atoms. The van der Waals surface area contributed by atoms with Crippen LogP contribution in [0.5, 0.6) is 0 Å². The van der Waals surface area contributed by atoms with Gasteiger partial charge < -0.3 is 5.32 Å². The molecule has 66 valence electrons. The summed E-state index contributed by atoms with van der Waals surface area (Å²) in [7, 11) is 0. The smallest absolute Gasteiger partial charge is 0.230 e. The Bertz CT molecular complexity index is 272. The molecule has 1 heterocycles. The maximum atomic E-state index is 10.8. The van der Waals surface area contributed by atoms with Gasteiger partial charge in [0.2, 0.25) is 5.91 Å². The summed E-state index contributed by atoms with van der Waals surface area (Å²) in [5, 5.41) is 3.63. The second-order valence-corrected chi connectivity index (χ2v) is 3.94. The topological polar surface area (TPSA) is 42.0 Å². The lowest BCUT2D eigenvalue weighted by Gasteiger charge is -1.97. The zero-order chi connectivity index (χ0) is 8.97. The maximum Gasteiger partial charge on any atom is 0.230 e. The first-order chi connectivity index (χ1) is 5.72. The molecule has 0 fully saturated rings. The van der Waals surface area contributed by atoms with Crippen molar-refractivity contribution >= 4 is 29.9 Å². The van der Waals surface area contributed by atoms with Crippen LogP contribution >= 0.6 is 24.0 Å². The number of hydrogen-bond donors (Lipinski definition) is 2. The Morgan fingerprint density at radius 2 is 2.58 bits per heavy atom. The highest BCUT2D eigenvalue weighted by Crippen LogP contribution is 2.10. The molecule has 0 spiro atoms. The summed E-state index contributed by atoms with van der Waals surface area (Å²) in [4.78, 5) is 16.0. The number of carbonyl (C=O) groups excluding carboxylic acids is 1. The SMILES string of the molecule is Cc1cnc(CNC(=O)CS)s1. The van der Waals surface area contributed by atoms with E-state index in [-0.39, 0.29) is 11.7 Å². The molecule has 1 amide bonds. The Morgan fingerprint density at radius 1 is 1.83 bits per heavy atom. The van der Waals surface area contributed by atoms with E-state index < -0.39 is 0 Å². The van der Waals surface area contributed by atoms with E-state index in [1.165, 1.54) is 0 Å². The van der Waals surface area contributed by atoms with Crippen LogP contribution in [0.3, 0.4) is 0 Å². The van der Waals surface area contributed by atoms with Crippen molar-refractivity contribution in [2.75, 3.05) is 5.75 Å². The van der Waals surface area contributed by atoms with Crippen molar-refractivity contribution in [3.63, 3.8) is 0 Å². The van der Waals surface area contributed by atoms with Crippen LogP contribution in [0.2, 0.25) is 0 Å². The van der Waals surface area contributed by atoms with Crippen LogP contribution in [-0.2, 0) is 11.3 Å². The highest BCUT2D eigenvalue weighted by molar-refractivity contribution is 7.81. The van der Waals surface area contributed by atoms with Crippen molar-refractivity contribution in [2.45, 2.75) is 13.5 Å². The fraction of sp³-hybridized carbons (Fsp3) is 0.429. The Kier molecular flexibility index (Phi) is 3.55. The van der Waals surface area contributed by atoms with Gasteiger partial charge >= 0.3 is 0 Å². The molecule has 0 aliphatic heterocycles. The van der Waals surface area contributed by atoms with E-state index in [1.54, 1.807) is 17.5 Å². The monoisotopic (exact) mass is 202 g/mol. The van der Waals surface area contributed by atoms with Gasteiger partial charge in [-0.2, -0.15) is 12.6 Å². The van der Waals surface area contributed by atoms with Gasteiger partial charge in [0.15, 0.2) is 0 Å². The van der Waals surface area contributed by atoms with Gasteiger partial charge in [0.05, 0.1) is 12.3 Å². The number of thiazole rings is 1. The molecule has 0 aliphatic rings. The highest BCUT2D eigenvalue weighted by Gasteiger charge is 2.00. The van der Waals surface area contributed by atoms with E-state index in [0.29, 0.717) is 6.54 Å². The number of amides is 1. The van der Waals surface area contributed by atoms with Crippen molar-refractivity contribution < 1.29 is 4.79 Å². The minimum absolute atomic E-state index is 0.0637. The summed E-state index contributed by atoms with van der Waals surface area (Å²) < 4.78 is 0. The van der Waals surface area contributed by atoms with Gasteiger partial charge in [-0.3, -0.25) is 4.79 Å². The van der Waals surface area contributed by atoms with Crippen LogP contribution < -0.4 is 5.32 Å². The van der Waals surface area contributed by atoms with Crippen molar-refractivity contribution in [3.05, 3.63) is 16.1 Å². The third-order valence-corrected chi connectivity index (χ3v) is 2.45. The van der Waals surface area contributed by atoms with Gasteiger partial charge in [-0.25, -0.2) is 4.98 Å². The minimum atomic E-state index is -0.0637. The zero-order valence-corrected chi connectivity index (χ0v) is 8.41. The second-order valence-electron chi connectivity index (χ2n) is 2.30. The van der Waals surface area contributed by atoms with E-state index in [2.05, 4.69) is 22.9 Å². The van der Waals surface area contributed by atoms with Gasteiger partial charge in [0.1, 0.15) is 5.01 Å². The van der Waals surface area contributed by atoms with Crippen LogP contribution in [-0.4, -0.2) is 16.6 Å². The molecule has 0 atom stereocenters. The summed E-state index contributed by atoms with van der Waals surface area (Å²) in [6.45, 7) is 2.50. The molecule has 0 radical (unpaired) electrons. The molecule has 0 saturated heterocycles. The molecule has 0 aromatic carbocycles. The van der Waals surface area contributed by atoms with E-state index >= 15 is 0 Å². The third kappa shape index (κ3) is 2.83. The first-order valence-electron chi connectivity index (χ1n) is 3.51. The van der Waals surface area contributed by atoms with Crippen molar-refractivity contribution in [3.8, 4) is 0 Å². The van der Waals surface area contributed by atoms with Crippen molar-refractivity contribution in [1.29, 1.82) is 0 Å². The third-order valence-electron chi connectivity index (χ3n) is 1.25. The Morgan fingerprint density at radius 3 is 3.08 bits per heavy atom. The van der Waals surface area contributed by atoms with Crippen molar-refractivity contribution in [1.82, 2.24) is 10.3 Å². The number of aryl methyl sites for hydroxylation is 1. The molecule has 1 N–H and O–H groups in total. The number of carbonyl (C=O) groups is 1. The fourth-order valence-corrected chi connectivity index (χ4v) is 1.55. The van der Waals surface area contributed by atoms with E-state index in [0.717, 1.165) is 9.88 Å². The lowest BCUT2D eigenvalue weighted by Crippen LogP contribution is -2.23. The number of nitrogens with one attached hydrogen (secondary N) is 1. The normalized spacial score (nSPS) is 9.83. The first-order valence-corrected chi connectivity index (χ1v) is 4.96. The fourth-order valence-electron chi connectivity index (χ4n) is 0.713. The van der Waals surface area contributed by atoms with Gasteiger partial charge in [-0.15, -0.1) is 11.3 Å². The molecule has 0 unspecified atom stereocenters. The largest absolute Gasteiger partial charge is 0.349 e. The molecule has 5 heteroatoms. The van der Waals surface area contributed by atoms with E-state index in [9.17, 15) is 4.79 Å². The molecule has 0 aliphatic carbocycles. The maximum absolute atomic E-state index is 10.8. The lowest BCUT2D eigenvalue weighted by atomic mass is 10.6. The Hall–Kier alpha value is -0.550. The molecule has 0 saturated carbocycles. The Labute approximate surface area is 80.6 Å². The number of thiol groups is 1. The van der Waals surface area contributed by atoms with Crippen molar-refractivity contribution in [2.24, 2.45) is 0 Å². The summed E-state index contributed by atoms with van der Waals surface area (Å²) in [6.07, 6.45) is 1.80. The summed E-state index contributed by atoms with van der Waals surface area (Å²) in [5.74, 6) is 0.163. The van der Waals surface area contributed by atoms with Gasteiger partial charge in [0, 0.05) is 11.1 Å². The first kappa shape index (κ1) is 9.54. The van der Waals surface area contributed by atoms with Gasteiger partial charge in [0.25, 0.3) is 0 Å². The summed E-state index contributed by atoms with van der Waals surface area (Å²) >= 11 is 5.43. The van der Waals surface area contributed by atoms with E-state index in [4.69, 9.17) is 0 Å². The zero-order valence-electron chi connectivity index (χ0n) is 6.70. The van der Waals surface area contributed by atoms with Gasteiger partial charge in [-0.1, -0.05) is 0 Å². The number of hydrogen-bond acceptors (Lipinski definition) is 4. The average molecular weight is 202 g/mol. The van der Waals surface area contributed by atoms with E-state index in [1.807, 2.05) is 6.92 Å². The second kappa shape index (κ2) is 4.47.